The van der Waals surface area contributed by atoms with Gasteiger partial charge in [0, 0.05) is 61.4 Å². The number of carbonyl (C=O) groups is 1. The summed E-state index contributed by atoms with van der Waals surface area (Å²) in [5, 5.41) is 1.19. The molecule has 0 bridgehead atoms. The summed E-state index contributed by atoms with van der Waals surface area (Å²) in [6, 6.07) is 8.96. The van der Waals surface area contributed by atoms with Crippen LogP contribution in [0.15, 0.2) is 30.5 Å². The minimum absolute atomic E-state index is 0.179. The quantitative estimate of drug-likeness (QED) is 0.831. The molecule has 4 rings (SSSR count). The van der Waals surface area contributed by atoms with Gasteiger partial charge >= 0.3 is 0 Å². The van der Waals surface area contributed by atoms with Gasteiger partial charge in [0.1, 0.15) is 0 Å². The van der Waals surface area contributed by atoms with Crippen LogP contribution >= 0.6 is 0 Å². The Morgan fingerprint density at radius 1 is 1.08 bits per heavy atom. The number of piperazine rings is 1. The zero-order chi connectivity index (χ0) is 18.1. The largest absolute Gasteiger partial charge is 0.347 e. The van der Waals surface area contributed by atoms with Gasteiger partial charge in [0.25, 0.3) is 5.91 Å². The zero-order valence-electron chi connectivity index (χ0n) is 16.2. The van der Waals surface area contributed by atoms with E-state index in [9.17, 15) is 4.79 Å². The van der Waals surface area contributed by atoms with E-state index < -0.39 is 0 Å². The number of hydrogen-bond donors (Lipinski definition) is 0. The molecule has 0 N–H and O–H groups in total. The van der Waals surface area contributed by atoms with Gasteiger partial charge in [0.15, 0.2) is 0 Å². The van der Waals surface area contributed by atoms with Crippen LogP contribution in [0.25, 0.3) is 10.9 Å². The molecule has 1 aromatic carbocycles. The Labute approximate surface area is 156 Å². The Hall–Kier alpha value is -1.81. The fraction of sp³-hybridized carbons (Fsp3) is 0.591. The molecule has 26 heavy (non-hydrogen) atoms. The third-order valence-corrected chi connectivity index (χ3v) is 6.28. The predicted octanol–water partition coefficient (Wildman–Crippen LogP) is 4.00. The van der Waals surface area contributed by atoms with Gasteiger partial charge in [-0.1, -0.05) is 12.8 Å². The third-order valence-electron chi connectivity index (χ3n) is 6.28. The Morgan fingerprint density at radius 3 is 2.50 bits per heavy atom. The van der Waals surface area contributed by atoms with Crippen LogP contribution < -0.4 is 0 Å². The fourth-order valence-electron chi connectivity index (χ4n) is 4.59. The Kier molecular flexibility index (Phi) is 5.03. The van der Waals surface area contributed by atoms with E-state index in [1.807, 2.05) is 11.0 Å². The highest BCUT2D eigenvalue weighted by molar-refractivity contribution is 5.98. The average Bonchev–Trinajstić information content (AvgIpc) is 3.31. The second-order valence-electron chi connectivity index (χ2n) is 8.31. The summed E-state index contributed by atoms with van der Waals surface area (Å²) in [7, 11) is 0. The molecule has 0 unspecified atom stereocenters. The first-order valence-corrected chi connectivity index (χ1v) is 10.2. The molecular weight excluding hydrogens is 322 g/mol. The molecule has 0 spiro atoms. The third kappa shape index (κ3) is 3.52. The van der Waals surface area contributed by atoms with Gasteiger partial charge in [0.05, 0.1) is 0 Å². The van der Waals surface area contributed by atoms with Crippen molar-refractivity contribution in [2.75, 3.05) is 26.2 Å². The van der Waals surface area contributed by atoms with Crippen molar-refractivity contribution in [3.8, 4) is 0 Å². The van der Waals surface area contributed by atoms with Crippen molar-refractivity contribution in [1.82, 2.24) is 14.4 Å². The number of carbonyl (C=O) groups excluding carboxylic acids is 1. The van der Waals surface area contributed by atoms with E-state index in [1.165, 1.54) is 36.6 Å². The maximum absolute atomic E-state index is 12.9. The van der Waals surface area contributed by atoms with Crippen molar-refractivity contribution < 1.29 is 4.79 Å². The van der Waals surface area contributed by atoms with Gasteiger partial charge in [-0.3, -0.25) is 9.69 Å². The van der Waals surface area contributed by atoms with Crippen LogP contribution in [0.5, 0.6) is 0 Å². The number of rotatable bonds is 4. The topological polar surface area (TPSA) is 28.5 Å². The van der Waals surface area contributed by atoms with E-state index >= 15 is 0 Å². The molecule has 2 heterocycles. The SMILES string of the molecule is CC(C)N1CCN(C(=O)c2ccc3c(ccn3CC3CCCC3)c2)CC1. The van der Waals surface area contributed by atoms with Gasteiger partial charge in [-0.05, 0) is 56.9 Å². The van der Waals surface area contributed by atoms with Crippen LogP contribution in [0.1, 0.15) is 49.9 Å². The first-order chi connectivity index (χ1) is 12.6. The molecule has 0 radical (unpaired) electrons. The van der Waals surface area contributed by atoms with Crippen LogP contribution in [0.3, 0.4) is 0 Å². The zero-order valence-corrected chi connectivity index (χ0v) is 16.2. The second-order valence-corrected chi connectivity index (χ2v) is 8.31. The van der Waals surface area contributed by atoms with Crippen LogP contribution in [0.4, 0.5) is 0 Å². The summed E-state index contributed by atoms with van der Waals surface area (Å²) in [5.74, 6) is 1.00. The molecule has 2 fully saturated rings. The summed E-state index contributed by atoms with van der Waals surface area (Å²) < 4.78 is 2.38. The number of hydrogen-bond acceptors (Lipinski definition) is 2. The van der Waals surface area contributed by atoms with E-state index in [-0.39, 0.29) is 5.91 Å². The van der Waals surface area contributed by atoms with Crippen molar-refractivity contribution >= 4 is 16.8 Å². The molecule has 1 saturated heterocycles. The molecule has 0 atom stereocenters. The molecule has 140 valence electrons. The predicted molar refractivity (Wildman–Crippen MR) is 107 cm³/mol. The van der Waals surface area contributed by atoms with E-state index in [0.29, 0.717) is 6.04 Å². The molecule has 1 aliphatic carbocycles. The molecule has 1 amide bonds. The number of aromatic nitrogens is 1. The normalized spacial score (nSPS) is 19.7. The Balaban J connectivity index is 1.46. The maximum Gasteiger partial charge on any atom is 0.253 e. The molecular formula is C22H31N3O. The van der Waals surface area contributed by atoms with Gasteiger partial charge in [0.2, 0.25) is 0 Å². The lowest BCUT2D eigenvalue weighted by Crippen LogP contribution is -2.50. The number of amides is 1. The van der Waals surface area contributed by atoms with Gasteiger partial charge in [-0.2, -0.15) is 0 Å². The lowest BCUT2D eigenvalue weighted by molar-refractivity contribution is 0.0595. The first kappa shape index (κ1) is 17.6. The van der Waals surface area contributed by atoms with Crippen LogP contribution in [0, 0.1) is 5.92 Å². The van der Waals surface area contributed by atoms with E-state index in [2.05, 4.69) is 47.7 Å². The van der Waals surface area contributed by atoms with Crippen LogP contribution in [-0.2, 0) is 6.54 Å². The summed E-state index contributed by atoms with van der Waals surface area (Å²) in [5.41, 5.74) is 2.09. The highest BCUT2D eigenvalue weighted by atomic mass is 16.2. The highest BCUT2D eigenvalue weighted by Crippen LogP contribution is 2.28. The summed E-state index contributed by atoms with van der Waals surface area (Å²) in [6.07, 6.45) is 7.68. The van der Waals surface area contributed by atoms with Crippen LogP contribution in [0.2, 0.25) is 0 Å². The van der Waals surface area contributed by atoms with Gasteiger partial charge < -0.3 is 9.47 Å². The van der Waals surface area contributed by atoms with E-state index in [0.717, 1.165) is 44.2 Å². The van der Waals surface area contributed by atoms with Crippen molar-refractivity contribution in [2.45, 2.75) is 52.1 Å². The van der Waals surface area contributed by atoms with Gasteiger partial charge in [-0.15, -0.1) is 0 Å². The number of fused-ring (bicyclic) bond motifs is 1. The second kappa shape index (κ2) is 7.43. The van der Waals surface area contributed by atoms with E-state index in [1.54, 1.807) is 0 Å². The lowest BCUT2D eigenvalue weighted by Gasteiger charge is -2.37. The molecule has 2 aliphatic rings. The fourth-order valence-corrected chi connectivity index (χ4v) is 4.59. The van der Waals surface area contributed by atoms with Crippen molar-refractivity contribution in [3.63, 3.8) is 0 Å². The van der Waals surface area contributed by atoms with Crippen molar-refractivity contribution in [1.29, 1.82) is 0 Å². The summed E-state index contributed by atoms with van der Waals surface area (Å²) in [6.45, 7) is 9.18. The molecule has 1 aliphatic heterocycles. The number of nitrogens with zero attached hydrogens (tertiary/aromatic N) is 3. The van der Waals surface area contributed by atoms with Crippen molar-refractivity contribution in [2.24, 2.45) is 5.92 Å². The molecule has 4 nitrogen and oxygen atoms in total. The van der Waals surface area contributed by atoms with Crippen LogP contribution in [-0.4, -0.2) is 52.5 Å². The standard InChI is InChI=1S/C22H31N3O/c1-17(2)23-11-13-24(14-12-23)22(26)20-7-8-21-19(15-20)9-10-25(21)16-18-5-3-4-6-18/h7-10,15,17-18H,3-6,11-14,16H2,1-2H3. The Morgan fingerprint density at radius 2 is 1.81 bits per heavy atom. The average molecular weight is 354 g/mol. The maximum atomic E-state index is 12.9. The first-order valence-electron chi connectivity index (χ1n) is 10.2. The molecule has 1 saturated carbocycles. The van der Waals surface area contributed by atoms with E-state index in [4.69, 9.17) is 0 Å². The Bertz CT molecular complexity index is 765. The molecule has 2 aromatic rings. The highest BCUT2D eigenvalue weighted by Gasteiger charge is 2.23. The number of benzene rings is 1. The minimum atomic E-state index is 0.179. The lowest BCUT2D eigenvalue weighted by atomic mass is 10.1. The van der Waals surface area contributed by atoms with Gasteiger partial charge in [-0.25, -0.2) is 0 Å². The summed E-state index contributed by atoms with van der Waals surface area (Å²) >= 11 is 0. The monoisotopic (exact) mass is 353 g/mol. The summed E-state index contributed by atoms with van der Waals surface area (Å²) in [4.78, 5) is 17.4. The molecule has 4 heteroatoms. The molecule has 1 aromatic heterocycles. The minimum Gasteiger partial charge on any atom is -0.347 e. The smallest absolute Gasteiger partial charge is 0.253 e. The van der Waals surface area contributed by atoms with Crippen molar-refractivity contribution in [3.05, 3.63) is 36.0 Å².